The van der Waals surface area contributed by atoms with Crippen molar-refractivity contribution in [2.75, 3.05) is 19.8 Å². The molecule has 0 aliphatic rings. The first-order chi connectivity index (χ1) is 6.81. The van der Waals surface area contributed by atoms with Crippen LogP contribution in [0, 0.1) is 5.92 Å². The summed E-state index contributed by atoms with van der Waals surface area (Å²) in [7, 11) is 0. The van der Waals surface area contributed by atoms with Crippen LogP contribution in [-0.4, -0.2) is 24.9 Å². The van der Waals surface area contributed by atoms with Gasteiger partial charge in [0.25, 0.3) is 0 Å². The van der Waals surface area contributed by atoms with Crippen LogP contribution < -0.4 is 0 Å². The molecule has 0 saturated carbocycles. The van der Waals surface area contributed by atoms with E-state index in [1.54, 1.807) is 0 Å². The van der Waals surface area contributed by atoms with Crippen molar-refractivity contribution < 1.29 is 9.84 Å². The molecule has 0 saturated heterocycles. The van der Waals surface area contributed by atoms with Gasteiger partial charge in [0.15, 0.2) is 0 Å². The van der Waals surface area contributed by atoms with E-state index >= 15 is 0 Å². The number of rotatable bonds is 10. The molecule has 1 unspecified atom stereocenters. The van der Waals surface area contributed by atoms with Crippen LogP contribution in [0.15, 0.2) is 0 Å². The second kappa shape index (κ2) is 11.0. The van der Waals surface area contributed by atoms with E-state index in [2.05, 4.69) is 13.8 Å². The van der Waals surface area contributed by atoms with Gasteiger partial charge in [-0.2, -0.15) is 0 Å². The Morgan fingerprint density at radius 3 is 2.50 bits per heavy atom. The highest BCUT2D eigenvalue weighted by molar-refractivity contribution is 4.52. The standard InChI is InChI=1S/C12H26O2/c1-3-4-5-6-7-8-12(2)11-14-10-9-13/h12-13H,3-11H2,1-2H3. The first-order valence-electron chi connectivity index (χ1n) is 5.99. The van der Waals surface area contributed by atoms with Gasteiger partial charge in [-0.25, -0.2) is 0 Å². The number of hydrogen-bond donors (Lipinski definition) is 1. The Kier molecular flexibility index (Phi) is 10.9. The highest BCUT2D eigenvalue weighted by atomic mass is 16.5. The summed E-state index contributed by atoms with van der Waals surface area (Å²) in [5.74, 6) is 0.642. The van der Waals surface area contributed by atoms with Gasteiger partial charge in [0.05, 0.1) is 13.2 Å². The van der Waals surface area contributed by atoms with E-state index in [1.165, 1.54) is 38.5 Å². The molecule has 0 aromatic heterocycles. The lowest BCUT2D eigenvalue weighted by molar-refractivity contribution is 0.0691. The lowest BCUT2D eigenvalue weighted by atomic mass is 10.0. The van der Waals surface area contributed by atoms with Crippen LogP contribution in [0.25, 0.3) is 0 Å². The maximum atomic E-state index is 8.53. The Bertz CT molecular complexity index is 104. The molecule has 0 aliphatic carbocycles. The minimum absolute atomic E-state index is 0.142. The first-order valence-corrected chi connectivity index (χ1v) is 5.99. The summed E-state index contributed by atoms with van der Waals surface area (Å²) in [5.41, 5.74) is 0. The Morgan fingerprint density at radius 1 is 1.14 bits per heavy atom. The lowest BCUT2D eigenvalue weighted by Crippen LogP contribution is -2.08. The molecule has 0 aromatic carbocycles. The Labute approximate surface area is 88.7 Å². The molecule has 0 bridgehead atoms. The molecule has 0 fully saturated rings. The number of hydrogen-bond acceptors (Lipinski definition) is 2. The molecule has 1 atom stereocenters. The van der Waals surface area contributed by atoms with Gasteiger partial charge in [-0.1, -0.05) is 46.0 Å². The average molecular weight is 202 g/mol. The third-order valence-corrected chi connectivity index (χ3v) is 2.44. The van der Waals surface area contributed by atoms with Crippen LogP contribution >= 0.6 is 0 Å². The van der Waals surface area contributed by atoms with Crippen molar-refractivity contribution in [2.24, 2.45) is 5.92 Å². The van der Waals surface area contributed by atoms with Gasteiger partial charge in [-0.15, -0.1) is 0 Å². The molecule has 0 heterocycles. The summed E-state index contributed by atoms with van der Waals surface area (Å²) in [6, 6.07) is 0. The summed E-state index contributed by atoms with van der Waals surface area (Å²) in [6.45, 7) is 5.89. The predicted molar refractivity (Wildman–Crippen MR) is 60.4 cm³/mol. The van der Waals surface area contributed by atoms with Crippen LogP contribution in [0.5, 0.6) is 0 Å². The van der Waals surface area contributed by atoms with E-state index in [4.69, 9.17) is 9.84 Å². The summed E-state index contributed by atoms with van der Waals surface area (Å²) >= 11 is 0. The molecule has 0 amide bonds. The normalized spacial score (nSPS) is 13.1. The predicted octanol–water partition coefficient (Wildman–Crippen LogP) is 2.99. The Balaban J connectivity index is 3.06. The fraction of sp³-hybridized carbons (Fsp3) is 1.00. The Hall–Kier alpha value is -0.0800. The maximum absolute atomic E-state index is 8.53. The quantitative estimate of drug-likeness (QED) is 0.552. The molecule has 14 heavy (non-hydrogen) atoms. The fourth-order valence-corrected chi connectivity index (χ4v) is 1.53. The van der Waals surface area contributed by atoms with E-state index < -0.39 is 0 Å². The van der Waals surface area contributed by atoms with Gasteiger partial charge in [-0.05, 0) is 12.3 Å². The average Bonchev–Trinajstić information content (AvgIpc) is 2.18. The van der Waals surface area contributed by atoms with Crippen LogP contribution in [0.1, 0.15) is 52.4 Å². The van der Waals surface area contributed by atoms with Crippen molar-refractivity contribution in [2.45, 2.75) is 52.4 Å². The zero-order valence-corrected chi connectivity index (χ0v) is 9.80. The second-order valence-electron chi connectivity index (χ2n) is 4.11. The van der Waals surface area contributed by atoms with Crippen molar-refractivity contribution in [1.82, 2.24) is 0 Å². The molecule has 86 valence electrons. The molecule has 0 rings (SSSR count). The van der Waals surface area contributed by atoms with E-state index in [0.29, 0.717) is 12.5 Å². The van der Waals surface area contributed by atoms with Gasteiger partial charge < -0.3 is 9.84 Å². The van der Waals surface area contributed by atoms with Crippen molar-refractivity contribution in [3.63, 3.8) is 0 Å². The topological polar surface area (TPSA) is 29.5 Å². The summed E-state index contributed by atoms with van der Waals surface area (Å²) in [5, 5.41) is 8.53. The van der Waals surface area contributed by atoms with E-state index in [0.717, 1.165) is 6.61 Å². The first kappa shape index (κ1) is 13.9. The Morgan fingerprint density at radius 2 is 1.86 bits per heavy atom. The van der Waals surface area contributed by atoms with Crippen LogP contribution in [0.2, 0.25) is 0 Å². The zero-order valence-electron chi connectivity index (χ0n) is 9.80. The molecule has 0 spiro atoms. The summed E-state index contributed by atoms with van der Waals surface area (Å²) in [4.78, 5) is 0. The van der Waals surface area contributed by atoms with Crippen LogP contribution in [0.4, 0.5) is 0 Å². The highest BCUT2D eigenvalue weighted by Gasteiger charge is 2.01. The minimum atomic E-state index is 0.142. The van der Waals surface area contributed by atoms with Crippen molar-refractivity contribution in [3.05, 3.63) is 0 Å². The largest absolute Gasteiger partial charge is 0.394 e. The molecule has 0 aliphatic heterocycles. The highest BCUT2D eigenvalue weighted by Crippen LogP contribution is 2.11. The minimum Gasteiger partial charge on any atom is -0.394 e. The molecular weight excluding hydrogens is 176 g/mol. The van der Waals surface area contributed by atoms with Gasteiger partial charge in [0.1, 0.15) is 0 Å². The molecule has 1 N–H and O–H groups in total. The van der Waals surface area contributed by atoms with E-state index in [-0.39, 0.29) is 6.61 Å². The molecular formula is C12H26O2. The third-order valence-electron chi connectivity index (χ3n) is 2.44. The molecule has 0 aromatic rings. The summed E-state index contributed by atoms with van der Waals surface area (Å²) in [6.07, 6.45) is 8.00. The number of unbranched alkanes of at least 4 members (excludes halogenated alkanes) is 4. The number of aliphatic hydroxyl groups is 1. The van der Waals surface area contributed by atoms with Crippen LogP contribution in [0.3, 0.4) is 0 Å². The van der Waals surface area contributed by atoms with Crippen molar-refractivity contribution in [3.8, 4) is 0 Å². The SMILES string of the molecule is CCCCCCCC(C)COCCO. The van der Waals surface area contributed by atoms with Crippen LogP contribution in [-0.2, 0) is 4.74 Å². The summed E-state index contributed by atoms with van der Waals surface area (Å²) < 4.78 is 5.27. The van der Waals surface area contributed by atoms with E-state index in [1.807, 2.05) is 0 Å². The van der Waals surface area contributed by atoms with Crippen molar-refractivity contribution in [1.29, 1.82) is 0 Å². The molecule has 2 nitrogen and oxygen atoms in total. The van der Waals surface area contributed by atoms with Gasteiger partial charge in [0, 0.05) is 6.61 Å². The number of aliphatic hydroxyl groups excluding tert-OH is 1. The van der Waals surface area contributed by atoms with Gasteiger partial charge in [-0.3, -0.25) is 0 Å². The zero-order chi connectivity index (χ0) is 10.6. The maximum Gasteiger partial charge on any atom is 0.0697 e. The van der Waals surface area contributed by atoms with E-state index in [9.17, 15) is 0 Å². The molecule has 2 heteroatoms. The smallest absolute Gasteiger partial charge is 0.0697 e. The number of ether oxygens (including phenoxy) is 1. The molecule has 0 radical (unpaired) electrons. The van der Waals surface area contributed by atoms with Crippen molar-refractivity contribution >= 4 is 0 Å². The second-order valence-corrected chi connectivity index (χ2v) is 4.11. The lowest BCUT2D eigenvalue weighted by Gasteiger charge is -2.10. The monoisotopic (exact) mass is 202 g/mol. The van der Waals surface area contributed by atoms with Gasteiger partial charge >= 0.3 is 0 Å². The fourth-order valence-electron chi connectivity index (χ4n) is 1.53. The third kappa shape index (κ3) is 10.0. The van der Waals surface area contributed by atoms with Gasteiger partial charge in [0.2, 0.25) is 0 Å².